The van der Waals surface area contributed by atoms with Crippen LogP contribution in [0.25, 0.3) is 0 Å². The first-order valence-corrected chi connectivity index (χ1v) is 5.72. The van der Waals surface area contributed by atoms with E-state index in [1.165, 1.54) is 0 Å². The summed E-state index contributed by atoms with van der Waals surface area (Å²) in [5.74, 6) is 0. The van der Waals surface area contributed by atoms with Crippen molar-refractivity contribution in [1.82, 2.24) is 0 Å². The van der Waals surface area contributed by atoms with Crippen molar-refractivity contribution in [3.05, 3.63) is 0 Å². The summed E-state index contributed by atoms with van der Waals surface area (Å²) in [6.45, 7) is 0.608. The van der Waals surface area contributed by atoms with Gasteiger partial charge < -0.3 is 11.5 Å². The molecule has 13 heavy (non-hydrogen) atoms. The van der Waals surface area contributed by atoms with Crippen molar-refractivity contribution >= 4 is 46.4 Å². The zero-order chi connectivity index (χ0) is 10.2. The third-order valence-electron chi connectivity index (χ3n) is 2.72. The van der Waals surface area contributed by atoms with Gasteiger partial charge in [-0.15, -0.1) is 46.4 Å². The lowest BCUT2D eigenvalue weighted by Gasteiger charge is -2.32. The molecule has 78 valence electrons. The first-order valence-electron chi connectivity index (χ1n) is 3.97. The predicted octanol–water partition coefficient (Wildman–Crippen LogP) is 1.33. The Morgan fingerprint density at radius 3 is 1.31 bits per heavy atom. The van der Waals surface area contributed by atoms with E-state index < -0.39 is 5.41 Å². The third kappa shape index (κ3) is 1.66. The molecule has 1 aliphatic carbocycles. The van der Waals surface area contributed by atoms with Gasteiger partial charge in [0.1, 0.15) is 0 Å². The van der Waals surface area contributed by atoms with Crippen LogP contribution >= 0.6 is 46.4 Å². The molecule has 1 saturated carbocycles. The van der Waals surface area contributed by atoms with Crippen LogP contribution in [0.2, 0.25) is 0 Å². The highest BCUT2D eigenvalue weighted by Gasteiger charge is 2.57. The lowest BCUT2D eigenvalue weighted by atomic mass is 9.86. The molecule has 0 aromatic rings. The normalized spacial score (nSPS) is 43.8. The van der Waals surface area contributed by atoms with E-state index in [0.29, 0.717) is 13.1 Å². The number of hydrogen-bond donors (Lipinski definition) is 2. The maximum Gasteiger partial charge on any atom is 0.0684 e. The van der Waals surface area contributed by atoms with Gasteiger partial charge in [-0.25, -0.2) is 0 Å². The van der Waals surface area contributed by atoms with E-state index >= 15 is 0 Å². The molecule has 0 aromatic heterocycles. The highest BCUT2D eigenvalue weighted by molar-refractivity contribution is 6.40. The van der Waals surface area contributed by atoms with E-state index in [2.05, 4.69) is 0 Å². The Kier molecular flexibility index (Phi) is 4.01. The maximum absolute atomic E-state index is 6.11. The minimum atomic E-state index is -0.540. The quantitative estimate of drug-likeness (QED) is 0.741. The van der Waals surface area contributed by atoms with Gasteiger partial charge in [-0.1, -0.05) is 0 Å². The predicted molar refractivity (Wildman–Crippen MR) is 59.1 cm³/mol. The van der Waals surface area contributed by atoms with Crippen molar-refractivity contribution < 1.29 is 0 Å². The van der Waals surface area contributed by atoms with Crippen LogP contribution in [0.5, 0.6) is 0 Å². The van der Waals surface area contributed by atoms with Crippen molar-refractivity contribution in [3.63, 3.8) is 0 Å². The molecule has 0 radical (unpaired) electrons. The molecule has 6 heteroatoms. The summed E-state index contributed by atoms with van der Waals surface area (Å²) >= 11 is 24.2. The fraction of sp³-hybridized carbons (Fsp3) is 1.00. The van der Waals surface area contributed by atoms with Crippen LogP contribution in [0.4, 0.5) is 0 Å². The highest BCUT2D eigenvalue weighted by Crippen LogP contribution is 2.48. The monoisotopic (exact) mass is 264 g/mol. The van der Waals surface area contributed by atoms with Crippen LogP contribution in [0.1, 0.15) is 0 Å². The van der Waals surface area contributed by atoms with Crippen LogP contribution in [-0.4, -0.2) is 34.6 Å². The van der Waals surface area contributed by atoms with Gasteiger partial charge in [0.15, 0.2) is 0 Å². The molecule has 0 spiro atoms. The number of halogens is 4. The number of alkyl halides is 4. The lowest BCUT2D eigenvalue weighted by molar-refractivity contribution is 0.334. The molecule has 0 bridgehead atoms. The summed E-state index contributed by atoms with van der Waals surface area (Å²) in [6.07, 6.45) is 0. The van der Waals surface area contributed by atoms with Gasteiger partial charge in [0.2, 0.25) is 0 Å². The Morgan fingerprint density at radius 1 is 0.846 bits per heavy atom. The first-order chi connectivity index (χ1) is 6.01. The van der Waals surface area contributed by atoms with E-state index in [-0.39, 0.29) is 21.5 Å². The van der Waals surface area contributed by atoms with Crippen molar-refractivity contribution in [3.8, 4) is 0 Å². The summed E-state index contributed by atoms with van der Waals surface area (Å²) in [5.41, 5.74) is 10.7. The van der Waals surface area contributed by atoms with Crippen LogP contribution in [0.15, 0.2) is 0 Å². The molecule has 0 saturated heterocycles. The molecule has 1 aliphatic rings. The van der Waals surface area contributed by atoms with E-state index in [0.717, 1.165) is 0 Å². The number of nitrogens with two attached hydrogens (primary N) is 2. The van der Waals surface area contributed by atoms with Gasteiger partial charge in [0, 0.05) is 18.5 Å². The summed E-state index contributed by atoms with van der Waals surface area (Å²) in [7, 11) is 0. The molecule has 1 rings (SSSR count). The minimum absolute atomic E-state index is 0.304. The first kappa shape index (κ1) is 12.2. The molecule has 0 amide bonds. The Bertz CT molecular complexity index is 169. The van der Waals surface area contributed by atoms with Crippen LogP contribution in [0.3, 0.4) is 0 Å². The summed E-state index contributed by atoms with van der Waals surface area (Å²) < 4.78 is 0. The Balaban J connectivity index is 2.96. The van der Waals surface area contributed by atoms with Crippen molar-refractivity contribution in [2.75, 3.05) is 13.1 Å². The molecule has 1 fully saturated rings. The number of hydrogen-bond acceptors (Lipinski definition) is 2. The second-order valence-corrected chi connectivity index (χ2v) is 5.28. The van der Waals surface area contributed by atoms with Crippen molar-refractivity contribution in [1.29, 1.82) is 0 Å². The summed E-state index contributed by atoms with van der Waals surface area (Å²) in [6, 6.07) is 0. The van der Waals surface area contributed by atoms with Crippen LogP contribution in [0, 0.1) is 5.41 Å². The Labute approximate surface area is 97.8 Å². The lowest BCUT2D eigenvalue weighted by Crippen LogP contribution is -2.48. The zero-order valence-electron chi connectivity index (χ0n) is 6.89. The van der Waals surface area contributed by atoms with Gasteiger partial charge in [0.05, 0.1) is 21.5 Å². The van der Waals surface area contributed by atoms with E-state index in [1.54, 1.807) is 0 Å². The second-order valence-electron chi connectivity index (χ2n) is 3.33. The topological polar surface area (TPSA) is 52.0 Å². The fourth-order valence-corrected chi connectivity index (χ4v) is 3.59. The Morgan fingerprint density at radius 2 is 1.15 bits per heavy atom. The fourth-order valence-electron chi connectivity index (χ4n) is 1.64. The van der Waals surface area contributed by atoms with E-state index in [4.69, 9.17) is 57.9 Å². The van der Waals surface area contributed by atoms with Gasteiger partial charge in [0.25, 0.3) is 0 Å². The van der Waals surface area contributed by atoms with Gasteiger partial charge >= 0.3 is 0 Å². The molecule has 4 unspecified atom stereocenters. The minimum Gasteiger partial charge on any atom is -0.330 e. The van der Waals surface area contributed by atoms with Gasteiger partial charge in [-0.2, -0.15) is 0 Å². The molecule has 0 aromatic carbocycles. The summed E-state index contributed by atoms with van der Waals surface area (Å²) in [5, 5.41) is -1.49. The van der Waals surface area contributed by atoms with Crippen molar-refractivity contribution in [2.45, 2.75) is 21.5 Å². The average Bonchev–Trinajstić information content (AvgIpc) is 2.31. The van der Waals surface area contributed by atoms with Gasteiger partial charge in [-0.3, -0.25) is 0 Å². The average molecular weight is 266 g/mol. The van der Waals surface area contributed by atoms with E-state index in [1.807, 2.05) is 0 Å². The maximum atomic E-state index is 6.11. The second kappa shape index (κ2) is 4.30. The Hall–Kier alpha value is 1.08. The highest BCUT2D eigenvalue weighted by atomic mass is 35.5. The largest absolute Gasteiger partial charge is 0.330 e. The molecule has 4 atom stereocenters. The van der Waals surface area contributed by atoms with E-state index in [9.17, 15) is 0 Å². The third-order valence-corrected chi connectivity index (χ3v) is 5.57. The zero-order valence-corrected chi connectivity index (χ0v) is 9.91. The van der Waals surface area contributed by atoms with Gasteiger partial charge in [-0.05, 0) is 0 Å². The molecular weight excluding hydrogens is 254 g/mol. The number of rotatable bonds is 2. The summed E-state index contributed by atoms with van der Waals surface area (Å²) in [4.78, 5) is 0. The van der Waals surface area contributed by atoms with Crippen molar-refractivity contribution in [2.24, 2.45) is 16.9 Å². The molecular formula is C7H12Cl4N2. The van der Waals surface area contributed by atoms with Crippen LogP contribution < -0.4 is 11.5 Å². The molecule has 4 N–H and O–H groups in total. The molecule has 0 heterocycles. The standard InChI is InChI=1S/C7H12Cl4N2/c8-3-4(9)6(11)7(1-12,2-13)5(3)10/h3-6H,1-2,12-13H2. The van der Waals surface area contributed by atoms with Crippen LogP contribution in [-0.2, 0) is 0 Å². The smallest absolute Gasteiger partial charge is 0.0684 e. The molecule has 2 nitrogen and oxygen atoms in total. The molecule has 0 aliphatic heterocycles. The SMILES string of the molecule is NCC1(CN)C(Cl)C(Cl)C(Cl)C1Cl.